The summed E-state index contributed by atoms with van der Waals surface area (Å²) >= 11 is 0. The van der Waals surface area contributed by atoms with Gasteiger partial charge in [-0.25, -0.2) is 9.18 Å². The van der Waals surface area contributed by atoms with E-state index in [-0.39, 0.29) is 29.8 Å². The normalized spacial score (nSPS) is 19.6. The molecule has 2 fully saturated rings. The standard InChI is InChI=1S/C21H27FN4O2/c1-2-20(27)25-9-3-4-18(13-25)26(17-6-7-17)21(28)23-12-16-11-14-10-15(22)5-8-19(14)24-16/h5,8,10-11,17-18,24H,2-4,6-7,9,12-13H2,1H3,(H,23,28)/t18-/m1/s1. The molecule has 3 amide bonds. The van der Waals surface area contributed by atoms with E-state index in [1.807, 2.05) is 22.8 Å². The van der Waals surface area contributed by atoms with Gasteiger partial charge in [0.25, 0.3) is 0 Å². The third-order valence-electron chi connectivity index (χ3n) is 5.69. The summed E-state index contributed by atoms with van der Waals surface area (Å²) in [4.78, 5) is 32.1. The average molecular weight is 386 g/mol. The van der Waals surface area contributed by atoms with Crippen molar-refractivity contribution >= 4 is 22.8 Å². The molecule has 4 rings (SSSR count). The molecule has 150 valence electrons. The van der Waals surface area contributed by atoms with Crippen molar-refractivity contribution in [1.82, 2.24) is 20.1 Å². The molecule has 1 saturated heterocycles. The van der Waals surface area contributed by atoms with E-state index in [0.29, 0.717) is 19.5 Å². The number of rotatable bonds is 5. The molecule has 6 nitrogen and oxygen atoms in total. The minimum absolute atomic E-state index is 0.0774. The number of H-pyrrole nitrogens is 1. The number of nitrogens with one attached hydrogen (secondary N) is 2. The van der Waals surface area contributed by atoms with Crippen LogP contribution in [0.3, 0.4) is 0 Å². The van der Waals surface area contributed by atoms with E-state index in [2.05, 4.69) is 10.3 Å². The molecule has 7 heteroatoms. The third-order valence-corrected chi connectivity index (χ3v) is 5.69. The minimum atomic E-state index is -0.273. The number of halogens is 1. The Morgan fingerprint density at radius 2 is 2.07 bits per heavy atom. The number of hydrogen-bond donors (Lipinski definition) is 2. The van der Waals surface area contributed by atoms with Crippen LogP contribution in [0.1, 0.15) is 44.7 Å². The van der Waals surface area contributed by atoms with E-state index in [4.69, 9.17) is 0 Å². The SMILES string of the molecule is CCC(=O)N1CCC[C@@H](N(C(=O)NCc2cc3cc(F)ccc3[nH]2)C2CC2)C1. The molecule has 0 spiro atoms. The van der Waals surface area contributed by atoms with Gasteiger partial charge < -0.3 is 20.1 Å². The molecular formula is C21H27FN4O2. The van der Waals surface area contributed by atoms with Crippen LogP contribution in [0.25, 0.3) is 10.9 Å². The second-order valence-electron chi connectivity index (χ2n) is 7.81. The molecule has 1 aromatic carbocycles. The number of benzene rings is 1. The van der Waals surface area contributed by atoms with Crippen LogP contribution in [0, 0.1) is 5.82 Å². The quantitative estimate of drug-likeness (QED) is 0.827. The third kappa shape index (κ3) is 3.98. The van der Waals surface area contributed by atoms with Crippen molar-refractivity contribution in [3.63, 3.8) is 0 Å². The van der Waals surface area contributed by atoms with Crippen LogP contribution in [0.4, 0.5) is 9.18 Å². The van der Waals surface area contributed by atoms with E-state index in [1.54, 1.807) is 6.07 Å². The number of aromatic nitrogens is 1. The average Bonchev–Trinajstić information content (AvgIpc) is 3.44. The number of aromatic amines is 1. The molecule has 0 radical (unpaired) electrons. The van der Waals surface area contributed by atoms with Gasteiger partial charge in [-0.15, -0.1) is 0 Å². The van der Waals surface area contributed by atoms with Crippen LogP contribution in [-0.4, -0.2) is 51.9 Å². The Bertz CT molecular complexity index is 876. The van der Waals surface area contributed by atoms with Gasteiger partial charge in [-0.05, 0) is 49.9 Å². The lowest BCUT2D eigenvalue weighted by atomic mass is 10.0. The maximum Gasteiger partial charge on any atom is 0.318 e. The summed E-state index contributed by atoms with van der Waals surface area (Å²) in [5.41, 5.74) is 1.70. The molecule has 1 aromatic heterocycles. The van der Waals surface area contributed by atoms with E-state index in [1.165, 1.54) is 12.1 Å². The van der Waals surface area contributed by atoms with Crippen molar-refractivity contribution < 1.29 is 14.0 Å². The van der Waals surface area contributed by atoms with Gasteiger partial charge in [0.1, 0.15) is 5.82 Å². The zero-order valence-electron chi connectivity index (χ0n) is 16.2. The van der Waals surface area contributed by atoms with E-state index in [0.717, 1.165) is 48.8 Å². The topological polar surface area (TPSA) is 68.4 Å². The second-order valence-corrected chi connectivity index (χ2v) is 7.81. The lowest BCUT2D eigenvalue weighted by Crippen LogP contribution is -2.54. The number of amides is 3. The highest BCUT2D eigenvalue weighted by molar-refractivity contribution is 5.81. The highest BCUT2D eigenvalue weighted by Crippen LogP contribution is 2.31. The van der Waals surface area contributed by atoms with Crippen molar-refractivity contribution in [2.45, 2.75) is 57.7 Å². The fourth-order valence-electron chi connectivity index (χ4n) is 4.14. The van der Waals surface area contributed by atoms with Crippen LogP contribution in [0.5, 0.6) is 0 Å². The first kappa shape index (κ1) is 18.8. The summed E-state index contributed by atoms with van der Waals surface area (Å²) in [5, 5.41) is 3.81. The Morgan fingerprint density at radius 1 is 1.25 bits per heavy atom. The first-order valence-corrected chi connectivity index (χ1v) is 10.2. The second kappa shape index (κ2) is 7.81. The van der Waals surface area contributed by atoms with Gasteiger partial charge in [0, 0.05) is 42.1 Å². The Kier molecular flexibility index (Phi) is 5.24. The summed E-state index contributed by atoms with van der Waals surface area (Å²) in [6, 6.07) is 6.74. The van der Waals surface area contributed by atoms with Gasteiger partial charge in [0.2, 0.25) is 5.91 Å². The number of urea groups is 1. The van der Waals surface area contributed by atoms with Gasteiger partial charge in [0.15, 0.2) is 0 Å². The summed E-state index contributed by atoms with van der Waals surface area (Å²) in [6.45, 7) is 3.66. The van der Waals surface area contributed by atoms with Crippen LogP contribution in [0.2, 0.25) is 0 Å². The van der Waals surface area contributed by atoms with Crippen molar-refractivity contribution in [3.8, 4) is 0 Å². The number of likely N-dealkylation sites (tertiary alicyclic amines) is 1. The smallest absolute Gasteiger partial charge is 0.318 e. The van der Waals surface area contributed by atoms with Crippen molar-refractivity contribution in [3.05, 3.63) is 35.8 Å². The molecule has 2 aliphatic rings. The van der Waals surface area contributed by atoms with E-state index < -0.39 is 0 Å². The molecule has 2 aromatic rings. The first-order chi connectivity index (χ1) is 13.5. The lowest BCUT2D eigenvalue weighted by Gasteiger charge is -2.39. The Morgan fingerprint density at radius 3 is 2.82 bits per heavy atom. The summed E-state index contributed by atoms with van der Waals surface area (Å²) in [6.07, 6.45) is 4.42. The minimum Gasteiger partial charge on any atom is -0.357 e. The monoisotopic (exact) mass is 386 g/mol. The molecule has 0 bridgehead atoms. The van der Waals surface area contributed by atoms with Gasteiger partial charge >= 0.3 is 6.03 Å². The van der Waals surface area contributed by atoms with Gasteiger partial charge in [0.05, 0.1) is 12.6 Å². The van der Waals surface area contributed by atoms with Crippen LogP contribution < -0.4 is 5.32 Å². The molecular weight excluding hydrogens is 359 g/mol. The van der Waals surface area contributed by atoms with Gasteiger partial charge in [-0.3, -0.25) is 4.79 Å². The molecule has 1 aliphatic carbocycles. The van der Waals surface area contributed by atoms with Crippen LogP contribution in [0.15, 0.2) is 24.3 Å². The molecule has 1 aliphatic heterocycles. The zero-order valence-corrected chi connectivity index (χ0v) is 16.2. The largest absolute Gasteiger partial charge is 0.357 e. The van der Waals surface area contributed by atoms with Crippen LogP contribution >= 0.6 is 0 Å². The van der Waals surface area contributed by atoms with E-state index in [9.17, 15) is 14.0 Å². The lowest BCUT2D eigenvalue weighted by molar-refractivity contribution is -0.132. The highest BCUT2D eigenvalue weighted by Gasteiger charge is 2.39. The van der Waals surface area contributed by atoms with Crippen LogP contribution in [-0.2, 0) is 11.3 Å². The number of fused-ring (bicyclic) bond motifs is 1. The molecule has 2 heterocycles. The maximum atomic E-state index is 13.4. The number of carbonyl (C=O) groups is 2. The molecule has 1 saturated carbocycles. The zero-order chi connectivity index (χ0) is 19.7. The number of carbonyl (C=O) groups excluding carboxylic acids is 2. The molecule has 1 atom stereocenters. The molecule has 2 N–H and O–H groups in total. The Balaban J connectivity index is 1.41. The predicted molar refractivity (Wildman–Crippen MR) is 105 cm³/mol. The highest BCUT2D eigenvalue weighted by atomic mass is 19.1. The number of nitrogens with zero attached hydrogens (tertiary/aromatic N) is 2. The first-order valence-electron chi connectivity index (χ1n) is 10.2. The summed E-state index contributed by atoms with van der Waals surface area (Å²) in [5.74, 6) is -0.114. The summed E-state index contributed by atoms with van der Waals surface area (Å²) in [7, 11) is 0. The maximum absolute atomic E-state index is 13.4. The summed E-state index contributed by atoms with van der Waals surface area (Å²) < 4.78 is 13.4. The van der Waals surface area contributed by atoms with Crippen molar-refractivity contribution in [2.75, 3.05) is 13.1 Å². The number of hydrogen-bond acceptors (Lipinski definition) is 2. The number of piperidine rings is 1. The van der Waals surface area contributed by atoms with Crippen molar-refractivity contribution in [2.24, 2.45) is 0 Å². The van der Waals surface area contributed by atoms with Gasteiger partial charge in [-0.2, -0.15) is 0 Å². The Labute approximate surface area is 164 Å². The molecule has 28 heavy (non-hydrogen) atoms. The van der Waals surface area contributed by atoms with E-state index >= 15 is 0 Å². The fraction of sp³-hybridized carbons (Fsp3) is 0.524. The predicted octanol–water partition coefficient (Wildman–Crippen LogP) is 3.38. The molecule has 0 unspecified atom stereocenters. The van der Waals surface area contributed by atoms with Crippen molar-refractivity contribution in [1.29, 1.82) is 0 Å². The Hall–Kier alpha value is -2.57. The van der Waals surface area contributed by atoms with Gasteiger partial charge in [-0.1, -0.05) is 6.92 Å². The fourth-order valence-corrected chi connectivity index (χ4v) is 4.14.